The van der Waals surface area contributed by atoms with Gasteiger partial charge in [0.2, 0.25) is 11.8 Å². The minimum absolute atomic E-state index is 0.00357. The summed E-state index contributed by atoms with van der Waals surface area (Å²) in [5.41, 5.74) is 1.89. The van der Waals surface area contributed by atoms with Crippen molar-refractivity contribution in [1.82, 2.24) is 20.9 Å². The Hall–Kier alpha value is -5.65. The Bertz CT molecular complexity index is 2070. The Kier molecular flexibility index (Phi) is 10.1. The molecule has 12 heteroatoms. The summed E-state index contributed by atoms with van der Waals surface area (Å²) in [7, 11) is 0. The number of benzene rings is 3. The molecule has 286 valence electrons. The SMILES string of the molecule is CC(Cc1c[nH]c2ccccc12)(NC(=O)OC1C2CC3CC(C2)CC1C3)C(=O)NCC(NC(=O)CCC(=O)OC1OC(=O)c2ccccc21)c1ccccc1. The summed E-state index contributed by atoms with van der Waals surface area (Å²) in [5, 5.41) is 9.86. The van der Waals surface area contributed by atoms with Crippen LogP contribution in [0, 0.1) is 23.7 Å². The van der Waals surface area contributed by atoms with Crippen LogP contribution in [-0.4, -0.2) is 53.0 Å². The van der Waals surface area contributed by atoms with Gasteiger partial charge in [-0.3, -0.25) is 14.4 Å². The number of carbonyl (C=O) groups is 5. The van der Waals surface area contributed by atoms with E-state index in [9.17, 15) is 24.0 Å². The minimum Gasteiger partial charge on any atom is -0.446 e. The second-order valence-electron chi connectivity index (χ2n) is 15.8. The van der Waals surface area contributed by atoms with E-state index in [1.54, 1.807) is 31.2 Å². The van der Waals surface area contributed by atoms with Crippen LogP contribution in [0.4, 0.5) is 4.79 Å². The lowest BCUT2D eigenvalue weighted by molar-refractivity contribution is -0.168. The highest BCUT2D eigenvalue weighted by atomic mass is 16.7. The molecule has 0 radical (unpaired) electrons. The van der Waals surface area contributed by atoms with E-state index in [0.29, 0.717) is 23.0 Å². The van der Waals surface area contributed by atoms with Gasteiger partial charge in [0.05, 0.1) is 18.0 Å². The quantitative estimate of drug-likeness (QED) is 0.118. The molecule has 4 aliphatic carbocycles. The zero-order valence-electron chi connectivity index (χ0n) is 30.8. The lowest BCUT2D eigenvalue weighted by atomic mass is 9.55. The van der Waals surface area contributed by atoms with Crippen molar-refractivity contribution < 1.29 is 38.2 Å². The largest absolute Gasteiger partial charge is 0.446 e. The Morgan fingerprint density at radius 1 is 0.855 bits per heavy atom. The van der Waals surface area contributed by atoms with Gasteiger partial charge in [-0.15, -0.1) is 0 Å². The molecule has 1 aromatic heterocycles. The van der Waals surface area contributed by atoms with Crippen molar-refractivity contribution in [2.24, 2.45) is 23.7 Å². The number of carbonyl (C=O) groups excluding carboxylic acids is 5. The van der Waals surface area contributed by atoms with Gasteiger partial charge in [-0.2, -0.15) is 0 Å². The van der Waals surface area contributed by atoms with Gasteiger partial charge < -0.3 is 35.1 Å². The molecule has 9 rings (SSSR count). The van der Waals surface area contributed by atoms with E-state index in [1.165, 1.54) is 6.42 Å². The molecule has 2 heterocycles. The Balaban J connectivity index is 0.932. The first-order valence-electron chi connectivity index (χ1n) is 19.3. The summed E-state index contributed by atoms with van der Waals surface area (Å²) in [6, 6.07) is 23.0. The number of H-pyrrole nitrogens is 1. The standard InChI is InChI=1S/C43H46N4O8/c1-43(22-30-23-44-34-14-8-7-11-31(30)34,47-42(52)54-38-28-18-25-17-26(20-28)21-29(38)19-25)41(51)45-24-35(27-9-3-2-4-10-27)46-36(48)15-16-37(49)53-40-33-13-6-5-12-32(33)39(50)55-40/h2-14,23,25-26,28-29,35,38,40,44H,15-22,24H2,1H3,(H,45,51)(H,46,48)(H,47,52). The third-order valence-electron chi connectivity index (χ3n) is 11.9. The van der Waals surface area contributed by atoms with Gasteiger partial charge in [-0.05, 0) is 86.0 Å². The normalized spacial score (nSPS) is 24.9. The number of fused-ring (bicyclic) bond motifs is 2. The predicted molar refractivity (Wildman–Crippen MR) is 201 cm³/mol. The first-order chi connectivity index (χ1) is 26.6. The summed E-state index contributed by atoms with van der Waals surface area (Å²) in [6.07, 6.45) is 5.34. The summed E-state index contributed by atoms with van der Waals surface area (Å²) in [4.78, 5) is 69.4. The smallest absolute Gasteiger partial charge is 0.408 e. The molecule has 5 aliphatic rings. The highest BCUT2D eigenvalue weighted by Gasteiger charge is 2.50. The van der Waals surface area contributed by atoms with Crippen LogP contribution in [0.15, 0.2) is 85.1 Å². The minimum atomic E-state index is -1.41. The number of hydrogen-bond donors (Lipinski definition) is 4. The fraction of sp³-hybridized carbons (Fsp3) is 0.419. The van der Waals surface area contributed by atoms with Crippen LogP contribution in [0.2, 0.25) is 0 Å². The first kappa shape index (κ1) is 36.3. The lowest BCUT2D eigenvalue weighted by Gasteiger charge is -2.53. The van der Waals surface area contributed by atoms with Gasteiger partial charge in [0, 0.05) is 42.0 Å². The molecular formula is C43H46N4O8. The monoisotopic (exact) mass is 746 g/mol. The van der Waals surface area contributed by atoms with Gasteiger partial charge in [0.1, 0.15) is 11.6 Å². The van der Waals surface area contributed by atoms with Gasteiger partial charge >= 0.3 is 18.0 Å². The zero-order valence-corrected chi connectivity index (χ0v) is 30.8. The van der Waals surface area contributed by atoms with Crippen molar-refractivity contribution in [3.8, 4) is 0 Å². The second kappa shape index (κ2) is 15.2. The molecule has 3 unspecified atom stereocenters. The maximum atomic E-state index is 14.3. The Morgan fingerprint density at radius 2 is 1.55 bits per heavy atom. The number of alkyl carbamates (subject to hydrolysis) is 1. The molecule has 4 aromatic rings. The van der Waals surface area contributed by atoms with E-state index in [4.69, 9.17) is 14.2 Å². The van der Waals surface area contributed by atoms with Crippen molar-refractivity contribution in [2.75, 3.05) is 6.54 Å². The summed E-state index contributed by atoms with van der Waals surface area (Å²) in [5.74, 6) is 0.0288. The number of ether oxygens (including phenoxy) is 3. The number of aromatic amines is 1. The molecule has 3 aromatic carbocycles. The average molecular weight is 747 g/mol. The lowest BCUT2D eigenvalue weighted by Crippen LogP contribution is -2.60. The van der Waals surface area contributed by atoms with Crippen molar-refractivity contribution in [3.63, 3.8) is 0 Å². The molecule has 0 saturated heterocycles. The fourth-order valence-corrected chi connectivity index (χ4v) is 9.47. The molecule has 4 saturated carbocycles. The maximum absolute atomic E-state index is 14.3. The topological polar surface area (TPSA) is 165 Å². The van der Waals surface area contributed by atoms with E-state index in [1.807, 2.05) is 60.8 Å². The number of nitrogens with one attached hydrogen (secondary N) is 4. The van der Waals surface area contributed by atoms with Crippen LogP contribution in [-0.2, 0) is 35.0 Å². The second-order valence-corrected chi connectivity index (χ2v) is 15.8. The highest BCUT2D eigenvalue weighted by Crippen LogP contribution is 2.54. The van der Waals surface area contributed by atoms with Gasteiger partial charge in [0.15, 0.2) is 0 Å². The number of cyclic esters (lactones) is 1. The van der Waals surface area contributed by atoms with E-state index >= 15 is 0 Å². The fourth-order valence-electron chi connectivity index (χ4n) is 9.47. The highest BCUT2D eigenvalue weighted by molar-refractivity contribution is 5.94. The third-order valence-corrected chi connectivity index (χ3v) is 11.9. The Morgan fingerprint density at radius 3 is 2.31 bits per heavy atom. The van der Waals surface area contributed by atoms with Crippen LogP contribution in [0.1, 0.15) is 91.2 Å². The number of rotatable bonds is 13. The zero-order chi connectivity index (χ0) is 38.1. The van der Waals surface area contributed by atoms with Gasteiger partial charge in [-0.25, -0.2) is 9.59 Å². The molecule has 4 N–H and O–H groups in total. The number of aromatic nitrogens is 1. The molecule has 3 atom stereocenters. The maximum Gasteiger partial charge on any atom is 0.408 e. The van der Waals surface area contributed by atoms with Crippen molar-refractivity contribution in [3.05, 3.63) is 107 Å². The van der Waals surface area contributed by atoms with Crippen molar-refractivity contribution in [1.29, 1.82) is 0 Å². The predicted octanol–water partition coefficient (Wildman–Crippen LogP) is 6.19. The average Bonchev–Trinajstić information content (AvgIpc) is 3.73. The van der Waals surface area contributed by atoms with Crippen LogP contribution in [0.5, 0.6) is 0 Å². The number of esters is 2. The third kappa shape index (κ3) is 7.81. The molecule has 4 bridgehead atoms. The van der Waals surface area contributed by atoms with Crippen molar-refractivity contribution in [2.45, 2.75) is 82.3 Å². The van der Waals surface area contributed by atoms with Crippen molar-refractivity contribution >= 4 is 40.7 Å². The molecule has 0 spiro atoms. The molecule has 12 nitrogen and oxygen atoms in total. The van der Waals surface area contributed by atoms with E-state index in [-0.39, 0.29) is 31.9 Å². The van der Waals surface area contributed by atoms with Crippen LogP contribution < -0.4 is 16.0 Å². The molecule has 3 amide bonds. The van der Waals surface area contributed by atoms with E-state index < -0.39 is 47.7 Å². The first-order valence-corrected chi connectivity index (χ1v) is 19.3. The summed E-state index contributed by atoms with van der Waals surface area (Å²) < 4.78 is 16.7. The van der Waals surface area contributed by atoms with E-state index in [0.717, 1.165) is 59.5 Å². The number of amides is 3. The van der Waals surface area contributed by atoms with Crippen LogP contribution in [0.3, 0.4) is 0 Å². The summed E-state index contributed by atoms with van der Waals surface area (Å²) in [6.45, 7) is 1.70. The van der Waals surface area contributed by atoms with Gasteiger partial charge in [0.25, 0.3) is 6.29 Å². The summed E-state index contributed by atoms with van der Waals surface area (Å²) >= 11 is 0. The van der Waals surface area contributed by atoms with Crippen LogP contribution >= 0.6 is 0 Å². The van der Waals surface area contributed by atoms with E-state index in [2.05, 4.69) is 20.9 Å². The molecule has 4 fully saturated rings. The molecular weight excluding hydrogens is 700 g/mol. The number of para-hydroxylation sites is 1. The van der Waals surface area contributed by atoms with Crippen LogP contribution in [0.25, 0.3) is 10.9 Å². The Labute approximate surface area is 319 Å². The van der Waals surface area contributed by atoms with Gasteiger partial charge in [-0.1, -0.05) is 66.7 Å². The number of hydrogen-bond acceptors (Lipinski definition) is 8. The molecule has 55 heavy (non-hydrogen) atoms. The molecule has 1 aliphatic heterocycles.